The van der Waals surface area contributed by atoms with Gasteiger partial charge in [0, 0.05) is 11.3 Å². The van der Waals surface area contributed by atoms with Crippen LogP contribution in [0.1, 0.15) is 5.56 Å². The number of hydrogen-bond acceptors (Lipinski definition) is 2. The maximum Gasteiger partial charge on any atom is 0.150 e. The summed E-state index contributed by atoms with van der Waals surface area (Å²) >= 11 is 2.99. The first-order valence-electron chi connectivity index (χ1n) is 6.29. The first kappa shape index (κ1) is 13.9. The minimum atomic E-state index is -0.609. The van der Waals surface area contributed by atoms with Gasteiger partial charge < -0.3 is 5.73 Å². The molecule has 0 spiro atoms. The van der Waals surface area contributed by atoms with Gasteiger partial charge in [-0.2, -0.15) is 0 Å². The standard InChI is InChI=1S/C16H11BrF2N2/c1-8-14(20)12-13(19)10(17)7-11(18)16(12)21-15(8)9-5-3-2-4-6-9/h2-7H,1H3,(H2,20,21). The van der Waals surface area contributed by atoms with E-state index < -0.39 is 11.6 Å². The Morgan fingerprint density at radius 1 is 1.14 bits per heavy atom. The van der Waals surface area contributed by atoms with Crippen molar-refractivity contribution in [3.63, 3.8) is 0 Å². The highest BCUT2D eigenvalue weighted by Gasteiger charge is 2.19. The van der Waals surface area contributed by atoms with E-state index in [4.69, 9.17) is 5.73 Å². The van der Waals surface area contributed by atoms with Crippen molar-refractivity contribution in [3.05, 3.63) is 58.1 Å². The molecule has 0 saturated heterocycles. The smallest absolute Gasteiger partial charge is 0.150 e. The van der Waals surface area contributed by atoms with Gasteiger partial charge in [0.15, 0.2) is 5.82 Å². The Bertz CT molecular complexity index is 848. The molecule has 3 aromatic rings. The number of aromatic nitrogens is 1. The molecule has 21 heavy (non-hydrogen) atoms. The van der Waals surface area contributed by atoms with E-state index in [0.29, 0.717) is 11.3 Å². The second-order valence-electron chi connectivity index (χ2n) is 4.74. The molecule has 0 atom stereocenters. The average Bonchev–Trinajstić information content (AvgIpc) is 2.48. The zero-order chi connectivity index (χ0) is 15.1. The van der Waals surface area contributed by atoms with Gasteiger partial charge >= 0.3 is 0 Å². The SMILES string of the molecule is Cc1c(-c2ccccc2)nc2c(F)cc(Br)c(F)c2c1N. The van der Waals surface area contributed by atoms with E-state index in [1.54, 1.807) is 6.92 Å². The summed E-state index contributed by atoms with van der Waals surface area (Å²) in [5.74, 6) is -1.21. The van der Waals surface area contributed by atoms with Crippen LogP contribution in [0, 0.1) is 18.6 Å². The lowest BCUT2D eigenvalue weighted by molar-refractivity contribution is 0.610. The number of halogens is 3. The van der Waals surface area contributed by atoms with E-state index >= 15 is 0 Å². The Morgan fingerprint density at radius 2 is 1.81 bits per heavy atom. The minimum absolute atomic E-state index is 0.0130. The number of pyridine rings is 1. The molecule has 2 aromatic carbocycles. The molecule has 1 aromatic heterocycles. The maximum atomic E-state index is 14.2. The number of nitrogen functional groups attached to an aromatic ring is 1. The molecule has 2 nitrogen and oxygen atoms in total. The van der Waals surface area contributed by atoms with E-state index in [1.165, 1.54) is 0 Å². The van der Waals surface area contributed by atoms with Crippen LogP contribution >= 0.6 is 15.9 Å². The van der Waals surface area contributed by atoms with Crippen molar-refractivity contribution < 1.29 is 8.78 Å². The summed E-state index contributed by atoms with van der Waals surface area (Å²) in [7, 11) is 0. The molecule has 0 bridgehead atoms. The summed E-state index contributed by atoms with van der Waals surface area (Å²) in [5.41, 5.74) is 8.17. The molecular formula is C16H11BrF2N2. The largest absolute Gasteiger partial charge is 0.398 e. The Kier molecular flexibility index (Phi) is 3.37. The van der Waals surface area contributed by atoms with Gasteiger partial charge in [-0.3, -0.25) is 0 Å². The number of rotatable bonds is 1. The fourth-order valence-electron chi connectivity index (χ4n) is 2.33. The van der Waals surface area contributed by atoms with Gasteiger partial charge in [0.25, 0.3) is 0 Å². The fourth-order valence-corrected chi connectivity index (χ4v) is 2.73. The first-order chi connectivity index (χ1) is 10.0. The zero-order valence-corrected chi connectivity index (χ0v) is 12.7. The van der Waals surface area contributed by atoms with Crippen molar-refractivity contribution in [2.75, 3.05) is 5.73 Å². The van der Waals surface area contributed by atoms with Crippen LogP contribution in [0.5, 0.6) is 0 Å². The van der Waals surface area contributed by atoms with E-state index in [0.717, 1.165) is 11.6 Å². The molecule has 0 aliphatic heterocycles. The number of benzene rings is 2. The molecule has 0 radical (unpaired) electrons. The Morgan fingerprint density at radius 3 is 2.48 bits per heavy atom. The fraction of sp³-hybridized carbons (Fsp3) is 0.0625. The number of nitrogens with zero attached hydrogens (tertiary/aromatic N) is 1. The van der Waals surface area contributed by atoms with E-state index in [1.807, 2.05) is 30.3 Å². The predicted molar refractivity (Wildman–Crippen MR) is 83.9 cm³/mol. The lowest BCUT2D eigenvalue weighted by atomic mass is 10.0. The average molecular weight is 349 g/mol. The maximum absolute atomic E-state index is 14.2. The zero-order valence-electron chi connectivity index (χ0n) is 11.1. The van der Waals surface area contributed by atoms with Crippen LogP contribution in [0.4, 0.5) is 14.5 Å². The van der Waals surface area contributed by atoms with Crippen molar-refractivity contribution in [3.8, 4) is 11.3 Å². The molecule has 0 aliphatic carbocycles. The minimum Gasteiger partial charge on any atom is -0.398 e. The summed E-state index contributed by atoms with van der Waals surface area (Å²) < 4.78 is 28.4. The molecule has 0 saturated carbocycles. The second kappa shape index (κ2) is 5.07. The van der Waals surface area contributed by atoms with Crippen molar-refractivity contribution in [2.45, 2.75) is 6.92 Å². The molecule has 0 fully saturated rings. The van der Waals surface area contributed by atoms with Gasteiger partial charge in [-0.15, -0.1) is 0 Å². The van der Waals surface area contributed by atoms with E-state index in [9.17, 15) is 8.78 Å². The van der Waals surface area contributed by atoms with Crippen molar-refractivity contribution >= 4 is 32.5 Å². The number of hydrogen-bond donors (Lipinski definition) is 1. The summed E-state index contributed by atoms with van der Waals surface area (Å²) in [6, 6.07) is 10.4. The van der Waals surface area contributed by atoms with Crippen LogP contribution < -0.4 is 5.73 Å². The van der Waals surface area contributed by atoms with Gasteiger partial charge in [-0.1, -0.05) is 30.3 Å². The van der Waals surface area contributed by atoms with Crippen LogP contribution in [-0.4, -0.2) is 4.98 Å². The molecule has 2 N–H and O–H groups in total. The normalized spacial score (nSPS) is 11.0. The highest BCUT2D eigenvalue weighted by Crippen LogP contribution is 2.36. The molecule has 0 amide bonds. The third-order valence-corrected chi connectivity index (χ3v) is 4.02. The predicted octanol–water partition coefficient (Wildman–Crippen LogP) is 4.83. The molecule has 3 rings (SSSR count). The van der Waals surface area contributed by atoms with E-state index in [-0.39, 0.29) is 21.1 Å². The molecule has 0 aliphatic rings. The van der Waals surface area contributed by atoms with Crippen LogP contribution in [-0.2, 0) is 0 Å². The quantitative estimate of drug-likeness (QED) is 0.639. The van der Waals surface area contributed by atoms with Gasteiger partial charge in [-0.05, 0) is 34.5 Å². The Hall–Kier alpha value is -2.01. The number of nitrogens with two attached hydrogens (primary N) is 1. The summed E-state index contributed by atoms with van der Waals surface area (Å²) in [6.07, 6.45) is 0. The highest BCUT2D eigenvalue weighted by atomic mass is 79.9. The highest BCUT2D eigenvalue weighted by molar-refractivity contribution is 9.10. The van der Waals surface area contributed by atoms with Crippen LogP contribution in [0.2, 0.25) is 0 Å². The summed E-state index contributed by atoms with van der Waals surface area (Å²) in [5, 5.41) is 0.0130. The molecule has 1 heterocycles. The molecule has 106 valence electrons. The second-order valence-corrected chi connectivity index (χ2v) is 5.60. The topological polar surface area (TPSA) is 38.9 Å². The van der Waals surface area contributed by atoms with Gasteiger partial charge in [-0.25, -0.2) is 13.8 Å². The van der Waals surface area contributed by atoms with Crippen LogP contribution in [0.3, 0.4) is 0 Å². The Labute approximate surface area is 128 Å². The lowest BCUT2D eigenvalue weighted by Gasteiger charge is -2.13. The van der Waals surface area contributed by atoms with Gasteiger partial charge in [0.2, 0.25) is 0 Å². The van der Waals surface area contributed by atoms with Crippen molar-refractivity contribution in [1.82, 2.24) is 4.98 Å². The molecular weight excluding hydrogens is 338 g/mol. The monoisotopic (exact) mass is 348 g/mol. The lowest BCUT2D eigenvalue weighted by Crippen LogP contribution is -2.02. The third kappa shape index (κ3) is 2.17. The number of fused-ring (bicyclic) bond motifs is 1. The van der Waals surface area contributed by atoms with Crippen molar-refractivity contribution in [2.24, 2.45) is 0 Å². The van der Waals surface area contributed by atoms with E-state index in [2.05, 4.69) is 20.9 Å². The van der Waals surface area contributed by atoms with Gasteiger partial charge in [0.1, 0.15) is 11.3 Å². The molecule has 5 heteroatoms. The van der Waals surface area contributed by atoms with Crippen LogP contribution in [0.15, 0.2) is 40.9 Å². The van der Waals surface area contributed by atoms with Gasteiger partial charge in [0.05, 0.1) is 15.6 Å². The summed E-state index contributed by atoms with van der Waals surface area (Å²) in [4.78, 5) is 4.29. The number of anilines is 1. The molecule has 0 unspecified atom stereocenters. The third-order valence-electron chi connectivity index (χ3n) is 3.45. The van der Waals surface area contributed by atoms with Crippen molar-refractivity contribution in [1.29, 1.82) is 0 Å². The van der Waals surface area contributed by atoms with Crippen LogP contribution in [0.25, 0.3) is 22.2 Å². The summed E-state index contributed by atoms with van der Waals surface area (Å²) in [6.45, 7) is 1.75. The Balaban J connectivity index is 2.44. The first-order valence-corrected chi connectivity index (χ1v) is 7.08.